The molecule has 4 heteroatoms. The molecule has 0 spiro atoms. The SMILES string of the molecule is O=C(C[C@H]1C=CCC1)NCc1cccnc1OCc1ccccc1. The standard InChI is InChI=1S/C20H22N2O2/c23-19(13-16-7-4-5-8-16)22-14-18-11-6-12-21-20(18)24-15-17-9-2-1-3-10-17/h1-4,6-7,9-12,16H,5,8,13-15H2,(H,22,23)/t16-/m0/s1. The molecule has 4 nitrogen and oxygen atoms in total. The number of hydrogen-bond acceptors (Lipinski definition) is 3. The molecular formula is C20H22N2O2. The lowest BCUT2D eigenvalue weighted by Gasteiger charge is -2.12. The Morgan fingerprint density at radius 3 is 2.88 bits per heavy atom. The van der Waals surface area contributed by atoms with Gasteiger partial charge in [-0.1, -0.05) is 48.6 Å². The summed E-state index contributed by atoms with van der Waals surface area (Å²) in [5.74, 6) is 1.03. The monoisotopic (exact) mass is 322 g/mol. The van der Waals surface area contributed by atoms with E-state index in [0.717, 1.165) is 24.0 Å². The summed E-state index contributed by atoms with van der Waals surface area (Å²) in [4.78, 5) is 16.3. The zero-order chi connectivity index (χ0) is 16.6. The summed E-state index contributed by atoms with van der Waals surface area (Å²) in [5.41, 5.74) is 1.98. The van der Waals surface area contributed by atoms with Gasteiger partial charge in [-0.05, 0) is 30.4 Å². The van der Waals surface area contributed by atoms with E-state index < -0.39 is 0 Å². The highest BCUT2D eigenvalue weighted by Gasteiger charge is 2.14. The van der Waals surface area contributed by atoms with Crippen molar-refractivity contribution in [1.29, 1.82) is 0 Å². The maximum atomic E-state index is 12.1. The van der Waals surface area contributed by atoms with Gasteiger partial charge in [-0.15, -0.1) is 0 Å². The Morgan fingerprint density at radius 1 is 1.21 bits per heavy atom. The average Bonchev–Trinajstić information content (AvgIpc) is 3.13. The highest BCUT2D eigenvalue weighted by Crippen LogP contribution is 2.20. The van der Waals surface area contributed by atoms with Gasteiger partial charge in [0.05, 0.1) is 0 Å². The molecule has 0 unspecified atom stereocenters. The maximum absolute atomic E-state index is 12.1. The second-order valence-electron chi connectivity index (χ2n) is 5.99. The van der Waals surface area contributed by atoms with Crippen LogP contribution in [0.1, 0.15) is 30.4 Å². The molecule has 1 amide bonds. The molecule has 1 N–H and O–H groups in total. The van der Waals surface area contributed by atoms with E-state index in [1.807, 2.05) is 42.5 Å². The van der Waals surface area contributed by atoms with Gasteiger partial charge in [0, 0.05) is 24.7 Å². The molecule has 24 heavy (non-hydrogen) atoms. The number of pyridine rings is 1. The van der Waals surface area contributed by atoms with E-state index in [1.165, 1.54) is 0 Å². The average molecular weight is 322 g/mol. The van der Waals surface area contributed by atoms with Crippen LogP contribution in [0.3, 0.4) is 0 Å². The van der Waals surface area contributed by atoms with E-state index in [1.54, 1.807) is 6.20 Å². The quantitative estimate of drug-likeness (QED) is 0.792. The van der Waals surface area contributed by atoms with E-state index >= 15 is 0 Å². The van der Waals surface area contributed by atoms with Crippen LogP contribution in [0.15, 0.2) is 60.8 Å². The van der Waals surface area contributed by atoms with Crippen LogP contribution in [-0.4, -0.2) is 10.9 Å². The predicted octanol–water partition coefficient (Wildman–Crippen LogP) is 3.63. The normalized spacial score (nSPS) is 16.1. The number of amides is 1. The van der Waals surface area contributed by atoms with Gasteiger partial charge >= 0.3 is 0 Å². The molecule has 1 aromatic heterocycles. The number of allylic oxidation sites excluding steroid dienone is 2. The van der Waals surface area contributed by atoms with Crippen LogP contribution in [0.5, 0.6) is 5.88 Å². The summed E-state index contributed by atoms with van der Waals surface area (Å²) in [6.07, 6.45) is 8.70. The number of carbonyl (C=O) groups is 1. The molecule has 0 fully saturated rings. The lowest BCUT2D eigenvalue weighted by atomic mass is 10.1. The molecule has 1 atom stereocenters. The first-order chi connectivity index (χ1) is 11.8. The van der Waals surface area contributed by atoms with Crippen molar-refractivity contribution in [3.05, 3.63) is 71.9 Å². The Hall–Kier alpha value is -2.62. The van der Waals surface area contributed by atoms with Crippen molar-refractivity contribution in [2.24, 2.45) is 5.92 Å². The number of rotatable bonds is 7. The first kappa shape index (κ1) is 16.2. The Bertz CT molecular complexity index is 698. The van der Waals surface area contributed by atoms with Gasteiger partial charge in [-0.25, -0.2) is 4.98 Å². The van der Waals surface area contributed by atoms with E-state index in [2.05, 4.69) is 22.5 Å². The van der Waals surface area contributed by atoms with E-state index in [4.69, 9.17) is 4.74 Å². The number of aromatic nitrogens is 1. The minimum atomic E-state index is 0.0735. The fourth-order valence-corrected chi connectivity index (χ4v) is 2.78. The first-order valence-corrected chi connectivity index (χ1v) is 8.35. The zero-order valence-corrected chi connectivity index (χ0v) is 13.7. The maximum Gasteiger partial charge on any atom is 0.220 e. The van der Waals surface area contributed by atoms with Crippen molar-refractivity contribution in [3.63, 3.8) is 0 Å². The summed E-state index contributed by atoms with van der Waals surface area (Å²) >= 11 is 0. The Morgan fingerprint density at radius 2 is 2.08 bits per heavy atom. The Kier molecular flexibility index (Phi) is 5.61. The first-order valence-electron chi connectivity index (χ1n) is 8.35. The second-order valence-corrected chi connectivity index (χ2v) is 5.99. The van der Waals surface area contributed by atoms with E-state index in [0.29, 0.717) is 31.4 Å². The van der Waals surface area contributed by atoms with Crippen LogP contribution in [0.2, 0.25) is 0 Å². The van der Waals surface area contributed by atoms with Gasteiger partial charge in [0.1, 0.15) is 6.61 Å². The number of nitrogens with zero attached hydrogens (tertiary/aromatic N) is 1. The summed E-state index contributed by atoms with van der Waals surface area (Å²) < 4.78 is 5.82. The Balaban J connectivity index is 1.53. The molecule has 1 aliphatic rings. The summed E-state index contributed by atoms with van der Waals surface area (Å²) in [6.45, 7) is 0.902. The largest absolute Gasteiger partial charge is 0.473 e. The highest BCUT2D eigenvalue weighted by molar-refractivity contribution is 5.76. The van der Waals surface area contributed by atoms with Gasteiger partial charge in [0.25, 0.3) is 0 Å². The third-order valence-corrected chi connectivity index (χ3v) is 4.10. The molecule has 0 bridgehead atoms. The van der Waals surface area contributed by atoms with E-state index in [-0.39, 0.29) is 5.91 Å². The fraction of sp³-hybridized carbons (Fsp3) is 0.300. The highest BCUT2D eigenvalue weighted by atomic mass is 16.5. The van der Waals surface area contributed by atoms with Crippen molar-refractivity contribution < 1.29 is 9.53 Å². The molecule has 124 valence electrons. The van der Waals surface area contributed by atoms with Gasteiger partial charge in [0.15, 0.2) is 0 Å². The van der Waals surface area contributed by atoms with Gasteiger partial charge in [-0.3, -0.25) is 4.79 Å². The number of carbonyl (C=O) groups excluding carboxylic acids is 1. The van der Waals surface area contributed by atoms with Crippen molar-refractivity contribution in [2.75, 3.05) is 0 Å². The summed E-state index contributed by atoms with van der Waals surface area (Å²) in [6, 6.07) is 13.8. The van der Waals surface area contributed by atoms with Crippen molar-refractivity contribution in [3.8, 4) is 5.88 Å². The number of hydrogen-bond donors (Lipinski definition) is 1. The van der Waals surface area contributed by atoms with Crippen LogP contribution in [-0.2, 0) is 17.9 Å². The summed E-state index contributed by atoms with van der Waals surface area (Å²) in [7, 11) is 0. The molecule has 0 saturated carbocycles. The van der Waals surface area contributed by atoms with Crippen molar-refractivity contribution >= 4 is 5.91 Å². The predicted molar refractivity (Wildman–Crippen MR) is 93.3 cm³/mol. The molecular weight excluding hydrogens is 300 g/mol. The minimum absolute atomic E-state index is 0.0735. The van der Waals surface area contributed by atoms with Crippen LogP contribution in [0.4, 0.5) is 0 Å². The van der Waals surface area contributed by atoms with Gasteiger partial charge < -0.3 is 10.1 Å². The third kappa shape index (κ3) is 4.69. The molecule has 0 saturated heterocycles. The fourth-order valence-electron chi connectivity index (χ4n) is 2.78. The van der Waals surface area contributed by atoms with Crippen LogP contribution < -0.4 is 10.1 Å². The smallest absolute Gasteiger partial charge is 0.220 e. The molecule has 0 radical (unpaired) electrons. The number of ether oxygens (including phenoxy) is 1. The van der Waals surface area contributed by atoms with Crippen LogP contribution >= 0.6 is 0 Å². The molecule has 1 aromatic carbocycles. The Labute approximate surface area is 142 Å². The molecule has 1 aliphatic carbocycles. The second kappa shape index (κ2) is 8.29. The lowest BCUT2D eigenvalue weighted by Crippen LogP contribution is -2.24. The number of benzene rings is 1. The minimum Gasteiger partial charge on any atom is -0.473 e. The van der Waals surface area contributed by atoms with E-state index in [9.17, 15) is 4.79 Å². The third-order valence-electron chi connectivity index (χ3n) is 4.10. The van der Waals surface area contributed by atoms with Crippen molar-refractivity contribution in [2.45, 2.75) is 32.4 Å². The molecule has 0 aliphatic heterocycles. The zero-order valence-electron chi connectivity index (χ0n) is 13.7. The van der Waals surface area contributed by atoms with Gasteiger partial charge in [-0.2, -0.15) is 0 Å². The topological polar surface area (TPSA) is 51.2 Å². The molecule has 3 rings (SSSR count). The van der Waals surface area contributed by atoms with Gasteiger partial charge in [0.2, 0.25) is 11.8 Å². The van der Waals surface area contributed by atoms with Crippen LogP contribution in [0, 0.1) is 5.92 Å². The number of nitrogens with one attached hydrogen (secondary N) is 1. The molecule has 2 aromatic rings. The van der Waals surface area contributed by atoms with Crippen LogP contribution in [0.25, 0.3) is 0 Å². The van der Waals surface area contributed by atoms with Crippen molar-refractivity contribution in [1.82, 2.24) is 10.3 Å². The lowest BCUT2D eigenvalue weighted by molar-refractivity contribution is -0.121. The summed E-state index contributed by atoms with van der Waals surface area (Å²) in [5, 5.41) is 2.97. The molecule has 1 heterocycles.